The highest BCUT2D eigenvalue weighted by molar-refractivity contribution is 5.78. The number of carbonyl (C=O) groups is 2. The summed E-state index contributed by atoms with van der Waals surface area (Å²) >= 11 is 0. The number of carboxylic acids is 1. The molecule has 0 aliphatic heterocycles. The number of hydrogen-bond donors (Lipinski definition) is 4. The Morgan fingerprint density at radius 3 is 2.31 bits per heavy atom. The molecule has 3 rings (SSSR count). The highest BCUT2D eigenvalue weighted by atomic mass is 19.1. The lowest BCUT2D eigenvalue weighted by Gasteiger charge is -2.41. The fourth-order valence-electron chi connectivity index (χ4n) is 5.19. The van der Waals surface area contributed by atoms with Gasteiger partial charge in [-0.15, -0.1) is 0 Å². The number of amides is 1. The molecule has 0 heterocycles. The topological polar surface area (TPSA) is 108 Å². The maximum atomic E-state index is 13.9. The largest absolute Gasteiger partial charge is 0.480 e. The molecule has 2 aromatic carbocycles. The second kappa shape index (κ2) is 13.5. The molecule has 7 nitrogen and oxygen atoms in total. The minimum absolute atomic E-state index is 0.0241. The van der Waals surface area contributed by atoms with Crippen LogP contribution in [0.15, 0.2) is 42.5 Å². The zero-order chi connectivity index (χ0) is 28.6. The number of rotatable bonds is 12. The Labute approximate surface area is 229 Å². The summed E-state index contributed by atoms with van der Waals surface area (Å²) in [5.41, 5.74) is 2.26. The number of carboxylic acid groups (broad SMARTS) is 1. The van der Waals surface area contributed by atoms with Gasteiger partial charge in [-0.3, -0.25) is 4.79 Å². The van der Waals surface area contributed by atoms with Crippen molar-refractivity contribution in [1.29, 1.82) is 0 Å². The Kier molecular flexibility index (Phi) is 10.6. The molecule has 1 fully saturated rings. The minimum atomic E-state index is -1.22. The van der Waals surface area contributed by atoms with E-state index in [1.807, 2.05) is 0 Å². The van der Waals surface area contributed by atoms with Crippen molar-refractivity contribution >= 4 is 11.9 Å². The van der Waals surface area contributed by atoms with Gasteiger partial charge in [-0.1, -0.05) is 64.3 Å². The monoisotopic (exact) mass is 546 g/mol. The van der Waals surface area contributed by atoms with Crippen LogP contribution in [0.25, 0.3) is 0 Å². The third-order valence-electron chi connectivity index (χ3n) is 7.29. The van der Waals surface area contributed by atoms with Crippen LogP contribution >= 0.6 is 0 Å². The Morgan fingerprint density at radius 1 is 1.03 bits per heavy atom. The molecule has 2 aromatic rings. The van der Waals surface area contributed by atoms with E-state index >= 15 is 0 Å². The number of hydrogen-bond acceptors (Lipinski definition) is 5. The molecule has 0 unspecified atom stereocenters. The molecule has 0 saturated heterocycles. The molecule has 4 N–H and O–H groups in total. The zero-order valence-electron chi connectivity index (χ0n) is 22.9. The van der Waals surface area contributed by atoms with Crippen molar-refractivity contribution in [2.45, 2.75) is 82.4 Å². The number of carbonyl (C=O) groups excluding carboxylic acids is 1. The molecular formula is C30H40F2N2O5. The molecule has 214 valence electrons. The average Bonchev–Trinajstić information content (AvgIpc) is 2.86. The van der Waals surface area contributed by atoms with Crippen molar-refractivity contribution in [3.63, 3.8) is 0 Å². The van der Waals surface area contributed by atoms with Crippen molar-refractivity contribution in [3.8, 4) is 0 Å². The first-order valence-electron chi connectivity index (χ1n) is 13.5. The van der Waals surface area contributed by atoms with E-state index < -0.39 is 48.9 Å². The number of halogens is 2. The first-order chi connectivity index (χ1) is 18.4. The van der Waals surface area contributed by atoms with Gasteiger partial charge in [0.25, 0.3) is 0 Å². The van der Waals surface area contributed by atoms with Gasteiger partial charge >= 0.3 is 5.97 Å². The molecule has 0 aromatic heterocycles. The maximum absolute atomic E-state index is 13.9. The molecule has 1 aliphatic rings. The maximum Gasteiger partial charge on any atom is 0.329 e. The Morgan fingerprint density at radius 2 is 1.69 bits per heavy atom. The Bertz CT molecular complexity index is 1110. The number of aliphatic hydroxyl groups is 1. The Balaban J connectivity index is 1.80. The summed E-state index contributed by atoms with van der Waals surface area (Å²) in [5.74, 6) is -3.37. The van der Waals surface area contributed by atoms with E-state index in [9.17, 15) is 23.5 Å². The third kappa shape index (κ3) is 9.08. The summed E-state index contributed by atoms with van der Waals surface area (Å²) in [6.07, 6.45) is 3.84. The summed E-state index contributed by atoms with van der Waals surface area (Å²) in [4.78, 5) is 23.2. The van der Waals surface area contributed by atoms with Crippen molar-refractivity contribution in [2.75, 3.05) is 19.8 Å². The van der Waals surface area contributed by atoms with Gasteiger partial charge < -0.3 is 25.6 Å². The lowest BCUT2D eigenvalue weighted by molar-refractivity contribution is -0.143. The van der Waals surface area contributed by atoms with Crippen LogP contribution in [0, 0.1) is 11.6 Å². The number of aliphatic carboxylic acids is 1. The van der Waals surface area contributed by atoms with E-state index in [4.69, 9.17) is 9.84 Å². The molecule has 0 bridgehead atoms. The lowest BCUT2D eigenvalue weighted by Crippen LogP contribution is -2.53. The van der Waals surface area contributed by atoms with Crippen molar-refractivity contribution in [3.05, 3.63) is 70.8 Å². The van der Waals surface area contributed by atoms with Gasteiger partial charge in [-0.05, 0) is 53.5 Å². The molecular weight excluding hydrogens is 506 g/mol. The molecule has 2 atom stereocenters. The zero-order valence-corrected chi connectivity index (χ0v) is 22.9. The van der Waals surface area contributed by atoms with Crippen LogP contribution in [0.3, 0.4) is 0 Å². The first kappa shape index (κ1) is 30.7. The van der Waals surface area contributed by atoms with Gasteiger partial charge in [-0.25, -0.2) is 13.6 Å². The van der Waals surface area contributed by atoms with Crippen LogP contribution in [0.5, 0.6) is 0 Å². The second-order valence-corrected chi connectivity index (χ2v) is 11.5. The number of ether oxygens (including phenoxy) is 1. The van der Waals surface area contributed by atoms with E-state index in [2.05, 4.69) is 55.7 Å². The van der Waals surface area contributed by atoms with Crippen LogP contribution in [-0.4, -0.2) is 54.0 Å². The van der Waals surface area contributed by atoms with Crippen molar-refractivity contribution in [1.82, 2.24) is 10.6 Å². The number of nitrogens with one attached hydrogen (secondary N) is 2. The van der Waals surface area contributed by atoms with Crippen LogP contribution in [0.2, 0.25) is 0 Å². The Hall–Kier alpha value is -2.88. The summed E-state index contributed by atoms with van der Waals surface area (Å²) in [5, 5.41) is 26.2. The van der Waals surface area contributed by atoms with Crippen LogP contribution in [-0.2, 0) is 31.7 Å². The van der Waals surface area contributed by atoms with E-state index in [0.717, 1.165) is 55.9 Å². The predicted molar refractivity (Wildman–Crippen MR) is 144 cm³/mol. The smallest absolute Gasteiger partial charge is 0.329 e. The van der Waals surface area contributed by atoms with Gasteiger partial charge in [0, 0.05) is 18.2 Å². The van der Waals surface area contributed by atoms with Crippen LogP contribution < -0.4 is 10.6 Å². The average molecular weight is 547 g/mol. The van der Waals surface area contributed by atoms with Crippen molar-refractivity contribution in [2.24, 2.45) is 0 Å². The van der Waals surface area contributed by atoms with E-state index in [1.165, 1.54) is 5.56 Å². The lowest BCUT2D eigenvalue weighted by atomic mass is 9.74. The van der Waals surface area contributed by atoms with Gasteiger partial charge in [-0.2, -0.15) is 0 Å². The summed E-state index contributed by atoms with van der Waals surface area (Å²) < 4.78 is 32.6. The third-order valence-corrected chi connectivity index (χ3v) is 7.29. The highest BCUT2D eigenvalue weighted by Gasteiger charge is 2.35. The normalized spacial score (nSPS) is 16.9. The van der Waals surface area contributed by atoms with E-state index in [-0.39, 0.29) is 29.5 Å². The molecule has 0 spiro atoms. The molecule has 1 saturated carbocycles. The number of benzene rings is 2. The quantitative estimate of drug-likeness (QED) is 0.318. The van der Waals surface area contributed by atoms with Crippen molar-refractivity contribution < 1.29 is 33.3 Å². The standard InChI is InChI=1S/C30H40F2N2O5/c1-29(2,3)21-8-7-9-22(15-21)30(10-5-4-6-11-30)33-17-26(35)25(34-27(36)18-39-19-28(37)38)14-20-12-23(31)16-24(32)13-20/h7-9,12-13,15-16,25-26,33,35H,4-6,10-11,14,17-19H2,1-3H3,(H,34,36)(H,37,38)/t25-,26-/m0/s1. The highest BCUT2D eigenvalue weighted by Crippen LogP contribution is 2.38. The number of aliphatic hydroxyl groups excluding tert-OH is 1. The van der Waals surface area contributed by atoms with Crippen LogP contribution in [0.4, 0.5) is 8.78 Å². The fraction of sp³-hybridized carbons (Fsp3) is 0.533. The minimum Gasteiger partial charge on any atom is -0.480 e. The summed E-state index contributed by atoms with van der Waals surface area (Å²) in [6, 6.07) is 10.7. The molecule has 9 heteroatoms. The van der Waals surface area contributed by atoms with Gasteiger partial charge in [0.05, 0.1) is 12.1 Å². The molecule has 1 aliphatic carbocycles. The van der Waals surface area contributed by atoms with Gasteiger partial charge in [0.2, 0.25) is 5.91 Å². The summed E-state index contributed by atoms with van der Waals surface area (Å²) in [7, 11) is 0. The van der Waals surface area contributed by atoms with E-state index in [1.54, 1.807) is 0 Å². The second-order valence-electron chi connectivity index (χ2n) is 11.5. The van der Waals surface area contributed by atoms with E-state index in [0.29, 0.717) is 0 Å². The fourth-order valence-corrected chi connectivity index (χ4v) is 5.19. The molecule has 1 amide bonds. The predicted octanol–water partition coefficient (Wildman–Crippen LogP) is 4.20. The summed E-state index contributed by atoms with van der Waals surface area (Å²) in [6.45, 7) is 5.45. The van der Waals surface area contributed by atoms with Gasteiger partial charge in [0.15, 0.2) is 0 Å². The molecule has 0 radical (unpaired) electrons. The first-order valence-corrected chi connectivity index (χ1v) is 13.5. The molecule has 39 heavy (non-hydrogen) atoms. The van der Waals surface area contributed by atoms with Crippen LogP contribution in [0.1, 0.15) is 69.6 Å². The SMILES string of the molecule is CC(C)(C)c1cccc(C2(NC[C@H](O)[C@H](Cc3cc(F)cc(F)c3)NC(=O)COCC(=O)O)CCCCC2)c1. The van der Waals surface area contributed by atoms with Gasteiger partial charge in [0.1, 0.15) is 24.8 Å².